The normalized spacial score (nSPS) is 16.3. The Balaban J connectivity index is 1.60. The first kappa shape index (κ1) is 24.0. The Morgan fingerprint density at radius 1 is 1.25 bits per heavy atom. The highest BCUT2D eigenvalue weighted by atomic mass is 16.5. The Labute approximate surface area is 190 Å². The standard InChI is InChI=1S/C25H35N3O4/c1-6-7-8-11-28-14-21(26-27-28)15-31-25(30)17(3)20-9-10-22-16(2)12-24(32-19(5)29)18(4)23(22)13-20/h12,14,17,20H,6-11,13,15H2,1-5H3/t17-,20-/m1/s1. The van der Waals surface area contributed by atoms with Crippen molar-refractivity contribution < 1.29 is 19.1 Å². The third-order valence-electron chi connectivity index (χ3n) is 6.51. The molecule has 7 nitrogen and oxygen atoms in total. The number of aromatic nitrogens is 3. The molecule has 2 atom stereocenters. The van der Waals surface area contributed by atoms with Crippen molar-refractivity contribution in [3.63, 3.8) is 0 Å². The molecule has 1 aromatic heterocycles. The largest absolute Gasteiger partial charge is 0.459 e. The minimum atomic E-state index is -0.320. The van der Waals surface area contributed by atoms with Crippen LogP contribution in [0, 0.1) is 25.7 Å². The summed E-state index contributed by atoms with van der Waals surface area (Å²) in [5.74, 6) is 0.0560. The fourth-order valence-electron chi connectivity index (χ4n) is 4.52. The van der Waals surface area contributed by atoms with Crippen molar-refractivity contribution in [1.29, 1.82) is 0 Å². The second-order valence-electron chi connectivity index (χ2n) is 8.95. The van der Waals surface area contributed by atoms with Crippen LogP contribution < -0.4 is 4.74 Å². The van der Waals surface area contributed by atoms with Crippen LogP contribution in [0.15, 0.2) is 12.3 Å². The molecule has 1 heterocycles. The van der Waals surface area contributed by atoms with Crippen LogP contribution in [-0.2, 0) is 40.3 Å². The molecule has 2 aromatic rings. The van der Waals surface area contributed by atoms with E-state index in [0.717, 1.165) is 56.2 Å². The van der Waals surface area contributed by atoms with Gasteiger partial charge < -0.3 is 9.47 Å². The van der Waals surface area contributed by atoms with Crippen molar-refractivity contribution >= 4 is 11.9 Å². The molecule has 0 N–H and O–H groups in total. The Hall–Kier alpha value is -2.70. The Morgan fingerprint density at radius 3 is 2.75 bits per heavy atom. The number of carbonyl (C=O) groups excluding carboxylic acids is 2. The number of hydrogen-bond donors (Lipinski definition) is 0. The summed E-state index contributed by atoms with van der Waals surface area (Å²) in [6.45, 7) is 10.6. The molecule has 1 aromatic carbocycles. The SMILES string of the molecule is CCCCCn1cc(COC(=O)[C@H](C)[C@@H]2CCc3c(C)cc(OC(C)=O)c(C)c3C2)nn1. The average molecular weight is 442 g/mol. The van der Waals surface area contributed by atoms with Crippen LogP contribution in [0.25, 0.3) is 0 Å². The zero-order valence-electron chi connectivity index (χ0n) is 19.9. The highest BCUT2D eigenvalue weighted by Gasteiger charge is 2.31. The molecule has 0 saturated carbocycles. The van der Waals surface area contributed by atoms with Gasteiger partial charge >= 0.3 is 11.9 Å². The molecule has 0 unspecified atom stereocenters. The molecule has 174 valence electrons. The number of aryl methyl sites for hydroxylation is 2. The van der Waals surface area contributed by atoms with Gasteiger partial charge in [0.1, 0.15) is 18.1 Å². The van der Waals surface area contributed by atoms with Crippen molar-refractivity contribution in [2.24, 2.45) is 11.8 Å². The molecule has 1 aliphatic rings. The van der Waals surface area contributed by atoms with E-state index in [4.69, 9.17) is 9.47 Å². The van der Waals surface area contributed by atoms with Gasteiger partial charge in [0.15, 0.2) is 0 Å². The Morgan fingerprint density at radius 2 is 2.03 bits per heavy atom. The summed E-state index contributed by atoms with van der Waals surface area (Å²) in [7, 11) is 0. The minimum absolute atomic E-state index is 0.148. The van der Waals surface area contributed by atoms with E-state index in [2.05, 4.69) is 24.2 Å². The van der Waals surface area contributed by atoms with E-state index in [1.54, 1.807) is 0 Å². The third-order valence-corrected chi connectivity index (χ3v) is 6.51. The third kappa shape index (κ3) is 5.75. The van der Waals surface area contributed by atoms with E-state index in [0.29, 0.717) is 11.4 Å². The second kappa shape index (κ2) is 10.7. The van der Waals surface area contributed by atoms with Gasteiger partial charge in [-0.25, -0.2) is 0 Å². The summed E-state index contributed by atoms with van der Waals surface area (Å²) in [4.78, 5) is 24.2. The number of unbranched alkanes of at least 4 members (excludes halogenated alkanes) is 2. The van der Waals surface area contributed by atoms with Gasteiger partial charge in [-0.2, -0.15) is 0 Å². The van der Waals surface area contributed by atoms with Gasteiger partial charge in [-0.15, -0.1) is 5.10 Å². The topological polar surface area (TPSA) is 83.3 Å². The molecule has 0 spiro atoms. The van der Waals surface area contributed by atoms with Gasteiger partial charge in [0.2, 0.25) is 0 Å². The molecule has 32 heavy (non-hydrogen) atoms. The summed E-state index contributed by atoms with van der Waals surface area (Å²) < 4.78 is 12.8. The minimum Gasteiger partial charge on any atom is -0.459 e. The van der Waals surface area contributed by atoms with Gasteiger partial charge in [-0.05, 0) is 73.8 Å². The van der Waals surface area contributed by atoms with E-state index >= 15 is 0 Å². The number of nitrogens with zero attached hydrogens (tertiary/aromatic N) is 3. The maximum absolute atomic E-state index is 12.8. The first-order valence-electron chi connectivity index (χ1n) is 11.7. The van der Waals surface area contributed by atoms with Crippen molar-refractivity contribution in [1.82, 2.24) is 15.0 Å². The van der Waals surface area contributed by atoms with Gasteiger partial charge in [0, 0.05) is 13.5 Å². The van der Waals surface area contributed by atoms with Crippen LogP contribution in [0.3, 0.4) is 0 Å². The molecular formula is C25H35N3O4. The molecule has 3 rings (SSSR count). The van der Waals surface area contributed by atoms with Crippen molar-refractivity contribution in [3.05, 3.63) is 40.2 Å². The van der Waals surface area contributed by atoms with Gasteiger partial charge in [0.05, 0.1) is 12.1 Å². The predicted molar refractivity (Wildman–Crippen MR) is 121 cm³/mol. The maximum atomic E-state index is 12.8. The first-order chi connectivity index (χ1) is 15.3. The Kier molecular flexibility index (Phi) is 8.04. The Bertz CT molecular complexity index is 966. The number of benzene rings is 1. The lowest BCUT2D eigenvalue weighted by atomic mass is 9.75. The number of rotatable bonds is 9. The molecule has 7 heteroatoms. The van der Waals surface area contributed by atoms with E-state index in [1.165, 1.54) is 18.1 Å². The second-order valence-corrected chi connectivity index (χ2v) is 8.95. The van der Waals surface area contributed by atoms with Crippen LogP contribution in [0.2, 0.25) is 0 Å². The van der Waals surface area contributed by atoms with Gasteiger partial charge in [-0.1, -0.05) is 31.9 Å². The number of fused-ring (bicyclic) bond motifs is 1. The lowest BCUT2D eigenvalue weighted by Crippen LogP contribution is -2.29. The molecule has 0 amide bonds. The highest BCUT2D eigenvalue weighted by molar-refractivity contribution is 5.73. The highest BCUT2D eigenvalue weighted by Crippen LogP contribution is 2.38. The van der Waals surface area contributed by atoms with E-state index in [1.807, 2.05) is 30.8 Å². The number of carbonyl (C=O) groups is 2. The fraction of sp³-hybridized carbons (Fsp3) is 0.600. The molecular weight excluding hydrogens is 406 g/mol. The number of esters is 2. The monoisotopic (exact) mass is 441 g/mol. The zero-order valence-corrected chi connectivity index (χ0v) is 19.9. The van der Waals surface area contributed by atoms with Crippen LogP contribution in [0.1, 0.15) is 74.4 Å². The average Bonchev–Trinajstić information content (AvgIpc) is 3.22. The smallest absolute Gasteiger partial charge is 0.309 e. The summed E-state index contributed by atoms with van der Waals surface area (Å²) in [5, 5.41) is 8.23. The summed E-state index contributed by atoms with van der Waals surface area (Å²) >= 11 is 0. The van der Waals surface area contributed by atoms with Crippen LogP contribution in [0.4, 0.5) is 0 Å². The van der Waals surface area contributed by atoms with Crippen molar-refractivity contribution in [2.45, 2.75) is 86.3 Å². The van der Waals surface area contributed by atoms with Gasteiger partial charge in [0.25, 0.3) is 0 Å². The summed E-state index contributed by atoms with van der Waals surface area (Å²) in [5.41, 5.74) is 5.32. The van der Waals surface area contributed by atoms with Crippen molar-refractivity contribution in [2.75, 3.05) is 0 Å². The zero-order chi connectivity index (χ0) is 23.3. The summed E-state index contributed by atoms with van der Waals surface area (Å²) in [6, 6.07) is 1.95. The maximum Gasteiger partial charge on any atom is 0.309 e. The lowest BCUT2D eigenvalue weighted by molar-refractivity contribution is -0.151. The van der Waals surface area contributed by atoms with E-state index in [-0.39, 0.29) is 30.4 Å². The number of hydrogen-bond acceptors (Lipinski definition) is 6. The first-order valence-corrected chi connectivity index (χ1v) is 11.7. The molecule has 0 bridgehead atoms. The molecule has 1 aliphatic carbocycles. The fourth-order valence-corrected chi connectivity index (χ4v) is 4.52. The molecule has 0 saturated heterocycles. The lowest BCUT2D eigenvalue weighted by Gasteiger charge is -2.31. The van der Waals surface area contributed by atoms with Crippen molar-refractivity contribution in [3.8, 4) is 5.75 Å². The molecule has 0 fully saturated rings. The van der Waals surface area contributed by atoms with Gasteiger partial charge in [-0.3, -0.25) is 14.3 Å². The van der Waals surface area contributed by atoms with Crippen LogP contribution >= 0.6 is 0 Å². The summed E-state index contributed by atoms with van der Waals surface area (Å²) in [6.07, 6.45) is 7.87. The molecule has 0 aliphatic heterocycles. The van der Waals surface area contributed by atoms with Crippen LogP contribution in [-0.4, -0.2) is 26.9 Å². The molecule has 0 radical (unpaired) electrons. The number of ether oxygens (including phenoxy) is 2. The quantitative estimate of drug-likeness (QED) is 0.324. The van der Waals surface area contributed by atoms with E-state index in [9.17, 15) is 9.59 Å². The van der Waals surface area contributed by atoms with E-state index < -0.39 is 0 Å². The van der Waals surface area contributed by atoms with Crippen LogP contribution in [0.5, 0.6) is 5.75 Å². The predicted octanol–water partition coefficient (Wildman–Crippen LogP) is 4.49.